The van der Waals surface area contributed by atoms with Gasteiger partial charge in [0.25, 0.3) is 0 Å². The van der Waals surface area contributed by atoms with Crippen molar-refractivity contribution in [2.45, 2.75) is 26.2 Å². The maximum absolute atomic E-state index is 7.79. The molecule has 0 radical (unpaired) electrons. The van der Waals surface area contributed by atoms with Gasteiger partial charge >= 0.3 is 0 Å². The average Bonchev–Trinajstić information content (AvgIpc) is 2.15. The van der Waals surface area contributed by atoms with Crippen molar-refractivity contribution in [2.75, 3.05) is 0 Å². The lowest BCUT2D eigenvalue weighted by Crippen LogP contribution is -1.99. The summed E-state index contributed by atoms with van der Waals surface area (Å²) in [5.74, 6) is 0. The summed E-state index contributed by atoms with van der Waals surface area (Å²) in [6.45, 7) is 2.12. The van der Waals surface area contributed by atoms with Crippen LogP contribution in [-0.4, -0.2) is 5.71 Å². The zero-order valence-corrected chi connectivity index (χ0v) is 8.56. The van der Waals surface area contributed by atoms with Gasteiger partial charge in [-0.15, -0.1) is 0 Å². The van der Waals surface area contributed by atoms with Crippen LogP contribution in [0.2, 0.25) is 5.02 Å². The monoisotopic (exact) mass is 195 g/mol. The Morgan fingerprint density at radius 3 is 2.69 bits per heavy atom. The van der Waals surface area contributed by atoms with Gasteiger partial charge in [-0.2, -0.15) is 0 Å². The van der Waals surface area contributed by atoms with E-state index in [1.165, 1.54) is 0 Å². The van der Waals surface area contributed by atoms with E-state index in [0.29, 0.717) is 10.7 Å². The van der Waals surface area contributed by atoms with Crippen molar-refractivity contribution in [3.05, 3.63) is 34.9 Å². The summed E-state index contributed by atoms with van der Waals surface area (Å²) in [5.41, 5.74) is 1.52. The lowest BCUT2D eigenvalue weighted by molar-refractivity contribution is 0.833. The highest BCUT2D eigenvalue weighted by molar-refractivity contribution is 6.34. The molecule has 0 unspecified atom stereocenters. The van der Waals surface area contributed by atoms with Gasteiger partial charge in [0.2, 0.25) is 0 Å². The first-order chi connectivity index (χ1) is 6.25. The second-order valence-corrected chi connectivity index (χ2v) is 3.47. The molecule has 1 N–H and O–H groups in total. The van der Waals surface area contributed by atoms with E-state index in [-0.39, 0.29) is 0 Å². The minimum atomic E-state index is 0.646. The second-order valence-electron chi connectivity index (χ2n) is 3.06. The van der Waals surface area contributed by atoms with Crippen LogP contribution in [0.5, 0.6) is 0 Å². The molecule has 0 saturated carbocycles. The van der Waals surface area contributed by atoms with E-state index >= 15 is 0 Å². The van der Waals surface area contributed by atoms with Crippen molar-refractivity contribution in [1.29, 1.82) is 5.41 Å². The van der Waals surface area contributed by atoms with Crippen LogP contribution in [0.3, 0.4) is 0 Å². The number of halogens is 1. The molecule has 0 aromatic heterocycles. The molecule has 1 aromatic rings. The first-order valence-electron chi connectivity index (χ1n) is 4.58. The summed E-state index contributed by atoms with van der Waals surface area (Å²) >= 11 is 5.96. The topological polar surface area (TPSA) is 23.9 Å². The number of nitrogens with one attached hydrogen (secondary N) is 1. The minimum Gasteiger partial charge on any atom is -0.305 e. The molecular formula is C11H14ClN. The van der Waals surface area contributed by atoms with E-state index in [2.05, 4.69) is 6.92 Å². The highest BCUT2D eigenvalue weighted by Gasteiger charge is 2.04. The Labute approximate surface area is 84.2 Å². The Morgan fingerprint density at radius 2 is 2.08 bits per heavy atom. The SMILES string of the molecule is CCCCC(=N)c1ccccc1Cl. The molecule has 1 aromatic carbocycles. The van der Waals surface area contributed by atoms with Gasteiger partial charge in [0, 0.05) is 16.3 Å². The zero-order valence-electron chi connectivity index (χ0n) is 7.81. The molecule has 0 fully saturated rings. The summed E-state index contributed by atoms with van der Waals surface area (Å²) in [5, 5.41) is 8.47. The quantitative estimate of drug-likeness (QED) is 0.705. The predicted octanol–water partition coefficient (Wildman–Crippen LogP) is 3.90. The fraction of sp³-hybridized carbons (Fsp3) is 0.364. The van der Waals surface area contributed by atoms with Crippen LogP contribution in [0, 0.1) is 5.41 Å². The molecule has 70 valence electrons. The number of benzene rings is 1. The number of rotatable bonds is 4. The van der Waals surface area contributed by atoms with Gasteiger partial charge < -0.3 is 5.41 Å². The molecule has 1 rings (SSSR count). The molecule has 0 amide bonds. The highest BCUT2D eigenvalue weighted by Crippen LogP contribution is 2.17. The Balaban J connectivity index is 2.71. The molecule has 0 atom stereocenters. The van der Waals surface area contributed by atoms with Gasteiger partial charge in [0.15, 0.2) is 0 Å². The Hall–Kier alpha value is -0.820. The number of unbranched alkanes of at least 4 members (excludes halogenated alkanes) is 1. The fourth-order valence-corrected chi connectivity index (χ4v) is 1.44. The first kappa shape index (κ1) is 10.3. The third-order valence-corrected chi connectivity index (χ3v) is 2.31. The molecule has 13 heavy (non-hydrogen) atoms. The maximum Gasteiger partial charge on any atom is 0.0496 e. The summed E-state index contributed by atoms with van der Waals surface area (Å²) in [6, 6.07) is 7.54. The average molecular weight is 196 g/mol. The van der Waals surface area contributed by atoms with Gasteiger partial charge in [0.05, 0.1) is 0 Å². The van der Waals surface area contributed by atoms with Gasteiger partial charge in [-0.25, -0.2) is 0 Å². The van der Waals surface area contributed by atoms with Gasteiger partial charge in [-0.1, -0.05) is 43.1 Å². The van der Waals surface area contributed by atoms with Crippen molar-refractivity contribution < 1.29 is 0 Å². The van der Waals surface area contributed by atoms with Crippen LogP contribution < -0.4 is 0 Å². The molecule has 0 saturated heterocycles. The third-order valence-electron chi connectivity index (χ3n) is 1.98. The maximum atomic E-state index is 7.79. The molecule has 0 bridgehead atoms. The van der Waals surface area contributed by atoms with E-state index < -0.39 is 0 Å². The summed E-state index contributed by atoms with van der Waals surface area (Å²) < 4.78 is 0. The second kappa shape index (κ2) is 5.03. The van der Waals surface area contributed by atoms with Crippen molar-refractivity contribution in [3.63, 3.8) is 0 Å². The van der Waals surface area contributed by atoms with E-state index in [1.54, 1.807) is 0 Å². The van der Waals surface area contributed by atoms with Crippen LogP contribution in [0.1, 0.15) is 31.7 Å². The Morgan fingerprint density at radius 1 is 1.38 bits per heavy atom. The van der Waals surface area contributed by atoms with Crippen LogP contribution in [0.15, 0.2) is 24.3 Å². The number of hydrogen-bond donors (Lipinski definition) is 1. The zero-order chi connectivity index (χ0) is 9.68. The van der Waals surface area contributed by atoms with Crippen molar-refractivity contribution in [3.8, 4) is 0 Å². The van der Waals surface area contributed by atoms with Crippen molar-refractivity contribution in [1.82, 2.24) is 0 Å². The number of hydrogen-bond acceptors (Lipinski definition) is 1. The van der Waals surface area contributed by atoms with E-state index in [9.17, 15) is 0 Å². The van der Waals surface area contributed by atoms with Crippen LogP contribution in [-0.2, 0) is 0 Å². The standard InChI is InChI=1S/C11H14ClN/c1-2-3-8-11(13)9-6-4-5-7-10(9)12/h4-7,13H,2-3,8H2,1H3. The molecule has 0 aliphatic rings. The van der Waals surface area contributed by atoms with Gasteiger partial charge in [-0.3, -0.25) is 0 Å². The molecule has 2 heteroatoms. The first-order valence-corrected chi connectivity index (χ1v) is 4.95. The molecule has 0 spiro atoms. The largest absolute Gasteiger partial charge is 0.305 e. The Bertz CT molecular complexity index is 294. The normalized spacial score (nSPS) is 10.0. The van der Waals surface area contributed by atoms with Gasteiger partial charge in [-0.05, 0) is 18.9 Å². The van der Waals surface area contributed by atoms with Crippen LogP contribution in [0.4, 0.5) is 0 Å². The van der Waals surface area contributed by atoms with E-state index in [0.717, 1.165) is 24.8 Å². The van der Waals surface area contributed by atoms with Gasteiger partial charge in [0.1, 0.15) is 0 Å². The Kier molecular flexibility index (Phi) is 3.97. The van der Waals surface area contributed by atoms with E-state index in [4.69, 9.17) is 17.0 Å². The smallest absolute Gasteiger partial charge is 0.0496 e. The third kappa shape index (κ3) is 2.85. The van der Waals surface area contributed by atoms with E-state index in [1.807, 2.05) is 24.3 Å². The lowest BCUT2D eigenvalue weighted by atomic mass is 10.1. The molecule has 0 aliphatic carbocycles. The summed E-state index contributed by atoms with van der Waals surface area (Å²) in [7, 11) is 0. The fourth-order valence-electron chi connectivity index (χ4n) is 1.19. The minimum absolute atomic E-state index is 0.646. The summed E-state index contributed by atoms with van der Waals surface area (Å²) in [6.07, 6.45) is 3.00. The summed E-state index contributed by atoms with van der Waals surface area (Å²) in [4.78, 5) is 0. The molecular weight excluding hydrogens is 182 g/mol. The molecule has 1 nitrogen and oxygen atoms in total. The lowest BCUT2D eigenvalue weighted by Gasteiger charge is -2.04. The molecule has 0 heterocycles. The molecule has 0 aliphatic heterocycles. The van der Waals surface area contributed by atoms with Crippen LogP contribution >= 0.6 is 11.6 Å². The highest BCUT2D eigenvalue weighted by atomic mass is 35.5. The van der Waals surface area contributed by atoms with Crippen molar-refractivity contribution in [2.24, 2.45) is 0 Å². The predicted molar refractivity (Wildman–Crippen MR) is 57.8 cm³/mol. The van der Waals surface area contributed by atoms with Crippen LogP contribution in [0.25, 0.3) is 0 Å². The van der Waals surface area contributed by atoms with Crippen molar-refractivity contribution >= 4 is 17.3 Å².